The summed E-state index contributed by atoms with van der Waals surface area (Å²) in [5, 5.41) is 1.97. The van der Waals surface area contributed by atoms with Crippen molar-refractivity contribution in [3.05, 3.63) is 48.0 Å². The SMILES string of the molecule is CCC(C)(OC(=O)C(C)(CC)C(F)(F)F)c1ccc2ccccc2c1. The van der Waals surface area contributed by atoms with Gasteiger partial charge in [0.15, 0.2) is 5.41 Å². The molecule has 0 aromatic heterocycles. The Balaban J connectivity index is 2.40. The highest BCUT2D eigenvalue weighted by Crippen LogP contribution is 2.44. The van der Waals surface area contributed by atoms with Crippen molar-refractivity contribution in [3.8, 4) is 0 Å². The average molecular weight is 352 g/mol. The Morgan fingerprint density at radius 3 is 2.08 bits per heavy atom. The molecule has 136 valence electrons. The van der Waals surface area contributed by atoms with Crippen LogP contribution in [-0.4, -0.2) is 12.1 Å². The summed E-state index contributed by atoms with van der Waals surface area (Å²) >= 11 is 0. The van der Waals surface area contributed by atoms with Crippen molar-refractivity contribution < 1.29 is 22.7 Å². The maximum absolute atomic E-state index is 13.3. The number of alkyl halides is 3. The third-order valence-electron chi connectivity index (χ3n) is 5.14. The van der Waals surface area contributed by atoms with E-state index in [4.69, 9.17) is 4.74 Å². The number of hydrogen-bond acceptors (Lipinski definition) is 2. The van der Waals surface area contributed by atoms with E-state index in [1.165, 1.54) is 6.92 Å². The van der Waals surface area contributed by atoms with E-state index in [0.29, 0.717) is 12.0 Å². The number of benzene rings is 2. The summed E-state index contributed by atoms with van der Waals surface area (Å²) in [6.45, 7) is 5.68. The largest absolute Gasteiger partial charge is 0.454 e. The van der Waals surface area contributed by atoms with E-state index in [2.05, 4.69) is 0 Å². The van der Waals surface area contributed by atoms with Crippen molar-refractivity contribution in [1.29, 1.82) is 0 Å². The predicted octanol–water partition coefficient (Wildman–Crippen LogP) is 5.99. The molecule has 0 radical (unpaired) electrons. The minimum absolute atomic E-state index is 0.368. The summed E-state index contributed by atoms with van der Waals surface area (Å²) in [5.41, 5.74) is -2.95. The standard InChI is InChI=1S/C20H23F3O2/c1-5-18(3,20(21,22)23)17(24)25-19(4,6-2)16-12-11-14-9-7-8-10-15(14)13-16/h7-13H,5-6H2,1-4H3. The Morgan fingerprint density at radius 2 is 1.56 bits per heavy atom. The Morgan fingerprint density at radius 1 is 0.960 bits per heavy atom. The van der Waals surface area contributed by atoms with Crippen LogP contribution in [0.3, 0.4) is 0 Å². The fourth-order valence-electron chi connectivity index (χ4n) is 2.63. The van der Waals surface area contributed by atoms with E-state index in [-0.39, 0.29) is 6.42 Å². The van der Waals surface area contributed by atoms with E-state index >= 15 is 0 Å². The fourth-order valence-corrected chi connectivity index (χ4v) is 2.63. The van der Waals surface area contributed by atoms with Gasteiger partial charge < -0.3 is 4.74 Å². The van der Waals surface area contributed by atoms with Gasteiger partial charge in [-0.05, 0) is 49.1 Å². The molecule has 0 heterocycles. The van der Waals surface area contributed by atoms with Gasteiger partial charge in [-0.2, -0.15) is 13.2 Å². The fraction of sp³-hybridized carbons (Fsp3) is 0.450. The van der Waals surface area contributed by atoms with Crippen molar-refractivity contribution in [3.63, 3.8) is 0 Å². The zero-order valence-electron chi connectivity index (χ0n) is 14.9. The van der Waals surface area contributed by atoms with Crippen molar-refractivity contribution in [2.75, 3.05) is 0 Å². The van der Waals surface area contributed by atoms with Gasteiger partial charge in [0, 0.05) is 0 Å². The predicted molar refractivity (Wildman–Crippen MR) is 92.1 cm³/mol. The van der Waals surface area contributed by atoms with Gasteiger partial charge in [-0.15, -0.1) is 0 Å². The number of halogens is 3. The minimum Gasteiger partial charge on any atom is -0.454 e. The summed E-state index contributed by atoms with van der Waals surface area (Å²) in [5.74, 6) is -1.24. The van der Waals surface area contributed by atoms with Crippen LogP contribution in [0.1, 0.15) is 46.1 Å². The first-order chi connectivity index (χ1) is 11.6. The van der Waals surface area contributed by atoms with Crippen LogP contribution in [0.25, 0.3) is 10.8 Å². The minimum atomic E-state index is -4.66. The average Bonchev–Trinajstić information content (AvgIpc) is 2.59. The van der Waals surface area contributed by atoms with Gasteiger partial charge in [0.1, 0.15) is 5.60 Å². The Kier molecular flexibility index (Phi) is 5.17. The van der Waals surface area contributed by atoms with Gasteiger partial charge in [0.25, 0.3) is 0 Å². The van der Waals surface area contributed by atoms with E-state index in [0.717, 1.165) is 17.7 Å². The Bertz CT molecular complexity index is 769. The van der Waals surface area contributed by atoms with Crippen LogP contribution in [0, 0.1) is 5.41 Å². The molecule has 0 aliphatic carbocycles. The lowest BCUT2D eigenvalue weighted by Crippen LogP contribution is -2.46. The first-order valence-corrected chi connectivity index (χ1v) is 8.37. The molecule has 2 atom stereocenters. The molecule has 0 N–H and O–H groups in total. The molecule has 2 aromatic carbocycles. The number of carbonyl (C=O) groups is 1. The van der Waals surface area contributed by atoms with Crippen LogP contribution < -0.4 is 0 Å². The van der Waals surface area contributed by atoms with Crippen LogP contribution in [0.4, 0.5) is 13.2 Å². The summed E-state index contributed by atoms with van der Waals surface area (Å²) in [7, 11) is 0. The number of fused-ring (bicyclic) bond motifs is 1. The van der Waals surface area contributed by atoms with Crippen molar-refractivity contribution in [2.24, 2.45) is 5.41 Å². The van der Waals surface area contributed by atoms with E-state index < -0.39 is 23.2 Å². The summed E-state index contributed by atoms with van der Waals surface area (Å²) in [6.07, 6.45) is -4.65. The molecule has 2 unspecified atom stereocenters. The van der Waals surface area contributed by atoms with E-state index in [1.54, 1.807) is 19.9 Å². The maximum Gasteiger partial charge on any atom is 0.404 e. The number of ether oxygens (including phenoxy) is 1. The third kappa shape index (κ3) is 3.51. The Labute approximate surface area is 146 Å². The second-order valence-electron chi connectivity index (χ2n) is 6.72. The molecule has 0 bridgehead atoms. The Hall–Kier alpha value is -2.04. The number of rotatable bonds is 5. The molecule has 0 aliphatic heterocycles. The molecule has 5 heteroatoms. The molecule has 0 aliphatic rings. The molecular formula is C20H23F3O2. The number of hydrogen-bond donors (Lipinski definition) is 0. The highest BCUT2D eigenvalue weighted by atomic mass is 19.4. The molecular weight excluding hydrogens is 329 g/mol. The van der Waals surface area contributed by atoms with Crippen molar-refractivity contribution >= 4 is 16.7 Å². The molecule has 2 aromatic rings. The molecule has 0 spiro atoms. The topological polar surface area (TPSA) is 26.3 Å². The molecule has 25 heavy (non-hydrogen) atoms. The second kappa shape index (κ2) is 6.70. The van der Waals surface area contributed by atoms with Gasteiger partial charge in [-0.3, -0.25) is 4.79 Å². The summed E-state index contributed by atoms with van der Waals surface area (Å²) < 4.78 is 45.5. The van der Waals surface area contributed by atoms with Crippen LogP contribution in [0.5, 0.6) is 0 Å². The van der Waals surface area contributed by atoms with Gasteiger partial charge >= 0.3 is 12.1 Å². The molecule has 0 saturated heterocycles. The van der Waals surface area contributed by atoms with Crippen LogP contribution >= 0.6 is 0 Å². The first kappa shape index (κ1) is 19.3. The highest BCUT2D eigenvalue weighted by Gasteiger charge is 2.57. The maximum atomic E-state index is 13.3. The number of esters is 1. The zero-order chi connectivity index (χ0) is 18.9. The highest BCUT2D eigenvalue weighted by molar-refractivity contribution is 5.83. The summed E-state index contributed by atoms with van der Waals surface area (Å²) in [4.78, 5) is 12.4. The smallest absolute Gasteiger partial charge is 0.404 e. The van der Waals surface area contributed by atoms with E-state index in [9.17, 15) is 18.0 Å². The third-order valence-corrected chi connectivity index (χ3v) is 5.14. The first-order valence-electron chi connectivity index (χ1n) is 8.37. The van der Waals surface area contributed by atoms with Gasteiger partial charge in [0.2, 0.25) is 0 Å². The van der Waals surface area contributed by atoms with Gasteiger partial charge in [-0.1, -0.05) is 50.2 Å². The van der Waals surface area contributed by atoms with Crippen LogP contribution in [-0.2, 0) is 15.1 Å². The summed E-state index contributed by atoms with van der Waals surface area (Å²) in [6, 6.07) is 13.2. The lowest BCUT2D eigenvalue weighted by molar-refractivity contribution is -0.238. The monoisotopic (exact) mass is 352 g/mol. The van der Waals surface area contributed by atoms with E-state index in [1.807, 2.05) is 36.4 Å². The van der Waals surface area contributed by atoms with Crippen molar-refractivity contribution in [2.45, 2.75) is 52.3 Å². The molecule has 2 rings (SSSR count). The van der Waals surface area contributed by atoms with Gasteiger partial charge in [0.05, 0.1) is 0 Å². The number of carbonyl (C=O) groups excluding carboxylic acids is 1. The zero-order valence-corrected chi connectivity index (χ0v) is 14.9. The molecule has 0 amide bonds. The normalized spacial score (nSPS) is 16.9. The quantitative estimate of drug-likeness (QED) is 0.618. The molecule has 2 nitrogen and oxygen atoms in total. The lowest BCUT2D eigenvalue weighted by atomic mass is 9.85. The van der Waals surface area contributed by atoms with Crippen LogP contribution in [0.15, 0.2) is 42.5 Å². The van der Waals surface area contributed by atoms with Crippen molar-refractivity contribution in [1.82, 2.24) is 0 Å². The second-order valence-corrected chi connectivity index (χ2v) is 6.72. The van der Waals surface area contributed by atoms with Gasteiger partial charge in [-0.25, -0.2) is 0 Å². The lowest BCUT2D eigenvalue weighted by Gasteiger charge is -2.35. The van der Waals surface area contributed by atoms with Crippen LogP contribution in [0.2, 0.25) is 0 Å². The molecule has 0 fully saturated rings. The molecule has 0 saturated carbocycles.